The summed E-state index contributed by atoms with van der Waals surface area (Å²) < 4.78 is 6.03. The number of ether oxygens (including phenoxy) is 1. The SMILES string of the molecule is COC(=O)c1sc(NC(=O)CCn2c(C)cc(O)cc2=O)nc1C. The summed E-state index contributed by atoms with van der Waals surface area (Å²) in [4.78, 5) is 39.8. The Hall–Kier alpha value is -2.68. The van der Waals surface area contributed by atoms with E-state index in [0.29, 0.717) is 21.4 Å². The number of methoxy groups -OCH3 is 1. The van der Waals surface area contributed by atoms with Crippen LogP contribution in [0.25, 0.3) is 0 Å². The Morgan fingerprint density at radius 3 is 2.71 bits per heavy atom. The molecule has 2 aromatic heterocycles. The highest BCUT2D eigenvalue weighted by Crippen LogP contribution is 2.23. The number of anilines is 1. The highest BCUT2D eigenvalue weighted by atomic mass is 32.1. The van der Waals surface area contributed by atoms with Crippen LogP contribution in [-0.4, -0.2) is 33.6 Å². The molecule has 0 aliphatic carbocycles. The number of carbonyl (C=O) groups excluding carboxylic acids is 2. The van der Waals surface area contributed by atoms with Gasteiger partial charge in [-0.15, -0.1) is 0 Å². The van der Waals surface area contributed by atoms with E-state index in [0.717, 1.165) is 17.4 Å². The lowest BCUT2D eigenvalue weighted by molar-refractivity contribution is -0.116. The quantitative estimate of drug-likeness (QED) is 0.789. The van der Waals surface area contributed by atoms with E-state index in [-0.39, 0.29) is 30.2 Å². The number of nitrogens with zero attached hydrogens (tertiary/aromatic N) is 2. The first-order valence-corrected chi connectivity index (χ1v) is 7.89. The van der Waals surface area contributed by atoms with Crippen LogP contribution in [0.2, 0.25) is 0 Å². The van der Waals surface area contributed by atoms with Gasteiger partial charge in [-0.25, -0.2) is 9.78 Å². The molecule has 0 aliphatic heterocycles. The summed E-state index contributed by atoms with van der Waals surface area (Å²) in [5.74, 6) is -0.942. The Bertz CT molecular complexity index is 840. The predicted octanol–water partition coefficient (Wildman–Crippen LogP) is 1.44. The molecule has 0 saturated heterocycles. The number of hydrogen-bond acceptors (Lipinski definition) is 7. The van der Waals surface area contributed by atoms with E-state index in [1.54, 1.807) is 13.8 Å². The fraction of sp³-hybridized carbons (Fsp3) is 0.333. The number of thiazole rings is 1. The molecule has 0 fully saturated rings. The number of pyridine rings is 1. The molecule has 0 spiro atoms. The summed E-state index contributed by atoms with van der Waals surface area (Å²) in [5.41, 5.74) is 0.664. The average Bonchev–Trinajstić information content (AvgIpc) is 2.85. The van der Waals surface area contributed by atoms with Crippen molar-refractivity contribution in [2.75, 3.05) is 12.4 Å². The largest absolute Gasteiger partial charge is 0.508 e. The molecular formula is C15H17N3O5S. The van der Waals surface area contributed by atoms with Gasteiger partial charge in [0.1, 0.15) is 10.6 Å². The smallest absolute Gasteiger partial charge is 0.350 e. The maximum Gasteiger partial charge on any atom is 0.350 e. The second kappa shape index (κ2) is 7.26. The van der Waals surface area contributed by atoms with Gasteiger partial charge in [-0.05, 0) is 19.9 Å². The van der Waals surface area contributed by atoms with E-state index in [2.05, 4.69) is 15.0 Å². The van der Waals surface area contributed by atoms with Gasteiger partial charge in [0.15, 0.2) is 5.13 Å². The van der Waals surface area contributed by atoms with E-state index in [4.69, 9.17) is 0 Å². The topological polar surface area (TPSA) is 111 Å². The Morgan fingerprint density at radius 1 is 1.38 bits per heavy atom. The summed E-state index contributed by atoms with van der Waals surface area (Å²) >= 11 is 1.03. The second-order valence-corrected chi connectivity index (χ2v) is 6.07. The summed E-state index contributed by atoms with van der Waals surface area (Å²) in [6, 6.07) is 2.55. The molecule has 0 aliphatic rings. The molecule has 0 atom stereocenters. The molecule has 9 heteroatoms. The van der Waals surface area contributed by atoms with Crippen LogP contribution in [0.1, 0.15) is 27.5 Å². The minimum Gasteiger partial charge on any atom is -0.508 e. The molecule has 2 rings (SSSR count). The van der Waals surface area contributed by atoms with Gasteiger partial charge < -0.3 is 19.7 Å². The van der Waals surface area contributed by atoms with E-state index < -0.39 is 5.97 Å². The monoisotopic (exact) mass is 351 g/mol. The van der Waals surface area contributed by atoms with Crippen LogP contribution in [-0.2, 0) is 16.1 Å². The van der Waals surface area contributed by atoms with Crippen LogP contribution >= 0.6 is 11.3 Å². The lowest BCUT2D eigenvalue weighted by atomic mass is 10.3. The van der Waals surface area contributed by atoms with Gasteiger partial charge in [-0.3, -0.25) is 9.59 Å². The van der Waals surface area contributed by atoms with Crippen LogP contribution in [0.5, 0.6) is 5.75 Å². The van der Waals surface area contributed by atoms with Crippen LogP contribution in [0, 0.1) is 13.8 Å². The zero-order valence-electron chi connectivity index (χ0n) is 13.5. The van der Waals surface area contributed by atoms with Gasteiger partial charge in [-0.1, -0.05) is 11.3 Å². The number of aryl methyl sites for hydroxylation is 2. The second-order valence-electron chi connectivity index (χ2n) is 5.07. The normalized spacial score (nSPS) is 10.5. The van der Waals surface area contributed by atoms with Gasteiger partial charge >= 0.3 is 5.97 Å². The number of aromatic nitrogens is 2. The lowest BCUT2D eigenvalue weighted by Gasteiger charge is -2.09. The summed E-state index contributed by atoms with van der Waals surface area (Å²) in [7, 11) is 1.28. The highest BCUT2D eigenvalue weighted by molar-refractivity contribution is 7.17. The van der Waals surface area contributed by atoms with Crippen molar-refractivity contribution in [1.29, 1.82) is 0 Å². The number of rotatable bonds is 5. The molecule has 1 amide bonds. The number of esters is 1. The molecule has 2 heterocycles. The number of aromatic hydroxyl groups is 1. The predicted molar refractivity (Wildman–Crippen MR) is 88.5 cm³/mol. The van der Waals surface area contributed by atoms with Gasteiger partial charge in [0, 0.05) is 24.7 Å². The van der Waals surface area contributed by atoms with Crippen molar-refractivity contribution in [2.24, 2.45) is 0 Å². The zero-order chi connectivity index (χ0) is 17.9. The third-order valence-electron chi connectivity index (χ3n) is 3.30. The first-order valence-electron chi connectivity index (χ1n) is 7.08. The van der Waals surface area contributed by atoms with Gasteiger partial charge in [0.05, 0.1) is 12.8 Å². The first-order chi connectivity index (χ1) is 11.3. The molecule has 0 unspecified atom stereocenters. The molecule has 0 aromatic carbocycles. The first kappa shape index (κ1) is 17.7. The van der Waals surface area contributed by atoms with Crippen LogP contribution < -0.4 is 10.9 Å². The Labute approximate surface area is 141 Å². The molecule has 8 nitrogen and oxygen atoms in total. The molecule has 128 valence electrons. The zero-order valence-corrected chi connectivity index (χ0v) is 14.3. The van der Waals surface area contributed by atoms with E-state index in [1.165, 1.54) is 17.7 Å². The maximum absolute atomic E-state index is 12.0. The minimum absolute atomic E-state index is 0.0533. The summed E-state index contributed by atoms with van der Waals surface area (Å²) in [6.07, 6.45) is 0.0533. The van der Waals surface area contributed by atoms with E-state index in [9.17, 15) is 19.5 Å². The van der Waals surface area contributed by atoms with Crippen molar-refractivity contribution in [3.63, 3.8) is 0 Å². The van der Waals surface area contributed by atoms with E-state index in [1.807, 2.05) is 0 Å². The third-order valence-corrected chi connectivity index (χ3v) is 4.35. The van der Waals surface area contributed by atoms with Crippen molar-refractivity contribution in [3.8, 4) is 5.75 Å². The fourth-order valence-electron chi connectivity index (χ4n) is 2.13. The number of nitrogens with one attached hydrogen (secondary N) is 1. The van der Waals surface area contributed by atoms with E-state index >= 15 is 0 Å². The molecular weight excluding hydrogens is 334 g/mol. The number of hydrogen-bond donors (Lipinski definition) is 2. The van der Waals surface area contributed by atoms with Crippen LogP contribution in [0.4, 0.5) is 5.13 Å². The molecule has 2 aromatic rings. The minimum atomic E-state index is -0.503. The van der Waals surface area contributed by atoms with Crippen LogP contribution in [0.3, 0.4) is 0 Å². The van der Waals surface area contributed by atoms with Crippen LogP contribution in [0.15, 0.2) is 16.9 Å². The van der Waals surface area contributed by atoms with Crippen molar-refractivity contribution in [2.45, 2.75) is 26.8 Å². The molecule has 0 radical (unpaired) electrons. The van der Waals surface area contributed by atoms with Gasteiger partial charge in [-0.2, -0.15) is 0 Å². The Balaban J connectivity index is 2.02. The number of amides is 1. The lowest BCUT2D eigenvalue weighted by Crippen LogP contribution is -2.24. The molecule has 24 heavy (non-hydrogen) atoms. The maximum atomic E-state index is 12.0. The summed E-state index contributed by atoms with van der Waals surface area (Å²) in [6.45, 7) is 3.49. The van der Waals surface area contributed by atoms with Crippen molar-refractivity contribution < 1.29 is 19.4 Å². The average molecular weight is 351 g/mol. The third kappa shape index (κ3) is 3.99. The van der Waals surface area contributed by atoms with Gasteiger partial charge in [0.2, 0.25) is 5.91 Å². The molecule has 2 N–H and O–H groups in total. The highest BCUT2D eigenvalue weighted by Gasteiger charge is 2.17. The Morgan fingerprint density at radius 2 is 2.08 bits per heavy atom. The molecule has 0 bridgehead atoms. The Kier molecular flexibility index (Phi) is 5.35. The fourth-order valence-corrected chi connectivity index (χ4v) is 3.03. The standard InChI is InChI=1S/C15H17N3O5S/c1-8-6-10(19)7-12(21)18(8)5-4-11(20)17-15-16-9(2)13(24-15)14(22)23-3/h6-7,19H,4-5H2,1-3H3,(H,16,17,20). The number of carbonyl (C=O) groups is 2. The molecule has 0 saturated carbocycles. The van der Waals surface area contributed by atoms with Crippen molar-refractivity contribution in [1.82, 2.24) is 9.55 Å². The van der Waals surface area contributed by atoms with Crippen molar-refractivity contribution >= 4 is 28.3 Å². The van der Waals surface area contributed by atoms with Crippen molar-refractivity contribution in [3.05, 3.63) is 38.8 Å². The summed E-state index contributed by atoms with van der Waals surface area (Å²) in [5, 5.41) is 12.2. The van der Waals surface area contributed by atoms with Gasteiger partial charge in [0.25, 0.3) is 5.56 Å².